The average molecular weight is 419 g/mol. The molecule has 1 aliphatic heterocycles. The van der Waals surface area contributed by atoms with Crippen LogP contribution in [-0.2, 0) is 27.9 Å². The molecule has 3 rings (SSSR count). The molecule has 1 aliphatic rings. The second kappa shape index (κ2) is 9.09. The van der Waals surface area contributed by atoms with Gasteiger partial charge in [-0.1, -0.05) is 37.3 Å². The Morgan fingerprint density at radius 1 is 1.17 bits per heavy atom. The van der Waals surface area contributed by atoms with Crippen molar-refractivity contribution < 1.29 is 13.2 Å². The molecule has 1 aromatic carbocycles. The molecule has 1 N–H and O–H groups in total. The first-order chi connectivity index (χ1) is 13.8. The van der Waals surface area contributed by atoms with Gasteiger partial charge in [0.25, 0.3) is 0 Å². The second-order valence-corrected chi connectivity index (χ2v) is 9.70. The van der Waals surface area contributed by atoms with Crippen molar-refractivity contribution in [3.63, 3.8) is 0 Å². The molecule has 1 amide bonds. The van der Waals surface area contributed by atoms with Crippen LogP contribution in [0, 0.1) is 19.8 Å². The van der Waals surface area contributed by atoms with Crippen molar-refractivity contribution in [2.45, 2.75) is 58.0 Å². The van der Waals surface area contributed by atoms with E-state index in [2.05, 4.69) is 17.3 Å². The summed E-state index contributed by atoms with van der Waals surface area (Å²) in [5, 5.41) is 7.30. The van der Waals surface area contributed by atoms with Crippen molar-refractivity contribution in [2.24, 2.45) is 5.92 Å². The van der Waals surface area contributed by atoms with Gasteiger partial charge in [-0.05, 0) is 38.2 Å². The smallest absolute Gasteiger partial charge is 0.246 e. The quantitative estimate of drug-likeness (QED) is 0.749. The number of benzene rings is 1. The van der Waals surface area contributed by atoms with E-state index in [4.69, 9.17) is 0 Å². The molecule has 1 aromatic heterocycles. The van der Waals surface area contributed by atoms with Gasteiger partial charge in [-0.3, -0.25) is 9.48 Å². The van der Waals surface area contributed by atoms with Gasteiger partial charge in [0, 0.05) is 26.1 Å². The number of sulfonamides is 1. The zero-order valence-corrected chi connectivity index (χ0v) is 18.2. The van der Waals surface area contributed by atoms with E-state index in [0.29, 0.717) is 43.5 Å². The number of carbonyl (C=O) groups is 1. The van der Waals surface area contributed by atoms with Gasteiger partial charge in [0.15, 0.2) is 0 Å². The van der Waals surface area contributed by atoms with Gasteiger partial charge in [-0.2, -0.15) is 9.40 Å². The highest BCUT2D eigenvalue weighted by molar-refractivity contribution is 7.89. The van der Waals surface area contributed by atoms with Gasteiger partial charge >= 0.3 is 0 Å². The molecule has 29 heavy (non-hydrogen) atoms. The van der Waals surface area contributed by atoms with E-state index in [1.807, 2.05) is 30.3 Å². The first-order valence-electron chi connectivity index (χ1n) is 10.1. The Bertz CT molecular complexity index is 946. The van der Waals surface area contributed by atoms with E-state index in [9.17, 15) is 13.2 Å². The van der Waals surface area contributed by atoms with Crippen LogP contribution < -0.4 is 5.32 Å². The highest BCUT2D eigenvalue weighted by Crippen LogP contribution is 2.27. The lowest BCUT2D eigenvalue weighted by atomic mass is 10.0. The van der Waals surface area contributed by atoms with Crippen LogP contribution in [0.15, 0.2) is 35.2 Å². The maximum atomic E-state index is 13.1. The van der Waals surface area contributed by atoms with E-state index >= 15 is 0 Å². The molecular formula is C21H30N4O3S. The highest BCUT2D eigenvalue weighted by Gasteiger charge is 2.32. The third-order valence-corrected chi connectivity index (χ3v) is 7.69. The normalized spacial score (nSPS) is 16.1. The van der Waals surface area contributed by atoms with Gasteiger partial charge in [0.1, 0.15) is 4.90 Å². The summed E-state index contributed by atoms with van der Waals surface area (Å²) in [6, 6.07) is 9.72. The fourth-order valence-electron chi connectivity index (χ4n) is 3.72. The predicted octanol–water partition coefficient (Wildman–Crippen LogP) is 2.63. The molecule has 0 aliphatic carbocycles. The summed E-state index contributed by atoms with van der Waals surface area (Å²) in [5.74, 6) is 0.469. The van der Waals surface area contributed by atoms with E-state index in [1.54, 1.807) is 22.8 Å². The third kappa shape index (κ3) is 5.05. The van der Waals surface area contributed by atoms with Crippen LogP contribution in [0.25, 0.3) is 0 Å². The monoisotopic (exact) mass is 418 g/mol. The fraction of sp³-hybridized carbons (Fsp3) is 0.524. The molecule has 0 radical (unpaired) electrons. The Hall–Kier alpha value is -2.19. The third-order valence-electron chi connectivity index (χ3n) is 5.54. The Kier molecular flexibility index (Phi) is 6.74. The van der Waals surface area contributed by atoms with Crippen LogP contribution in [0.1, 0.15) is 43.1 Å². The molecular weight excluding hydrogens is 388 g/mol. The first-order valence-corrected chi connectivity index (χ1v) is 11.6. The minimum Gasteiger partial charge on any atom is -0.352 e. The summed E-state index contributed by atoms with van der Waals surface area (Å²) in [6.07, 6.45) is 2.01. The molecule has 2 heterocycles. The lowest BCUT2D eigenvalue weighted by molar-refractivity contribution is -0.121. The number of aromatic nitrogens is 2. The fourth-order valence-corrected chi connectivity index (χ4v) is 5.56. The molecule has 0 bridgehead atoms. The van der Waals surface area contributed by atoms with Gasteiger partial charge in [-0.25, -0.2) is 8.42 Å². The van der Waals surface area contributed by atoms with Crippen LogP contribution in [0.4, 0.5) is 0 Å². The van der Waals surface area contributed by atoms with Crippen molar-refractivity contribution in [3.8, 4) is 0 Å². The summed E-state index contributed by atoms with van der Waals surface area (Å²) in [5.41, 5.74) is 2.12. The standard InChI is InChI=1S/C21H30N4O3S/c1-16-9-12-24(13-10-16)29(27,28)21-17(2)23-25(18(21)3)14-11-20(26)22-15-19-7-5-4-6-8-19/h4-8,16H,9-15H2,1-3H3,(H,22,26). The van der Waals surface area contributed by atoms with Crippen molar-refractivity contribution >= 4 is 15.9 Å². The molecule has 0 atom stereocenters. The molecule has 1 fully saturated rings. The summed E-state index contributed by atoms with van der Waals surface area (Å²) in [7, 11) is -3.56. The maximum Gasteiger partial charge on any atom is 0.246 e. The highest BCUT2D eigenvalue weighted by atomic mass is 32.2. The van der Waals surface area contributed by atoms with Crippen molar-refractivity contribution in [2.75, 3.05) is 13.1 Å². The summed E-state index contributed by atoms with van der Waals surface area (Å²) < 4.78 is 29.5. The maximum absolute atomic E-state index is 13.1. The minimum atomic E-state index is -3.56. The van der Waals surface area contributed by atoms with Gasteiger partial charge in [0.2, 0.25) is 15.9 Å². The van der Waals surface area contributed by atoms with Crippen LogP contribution in [0.3, 0.4) is 0 Å². The number of hydrogen-bond donors (Lipinski definition) is 1. The molecule has 158 valence electrons. The largest absolute Gasteiger partial charge is 0.352 e. The Labute approximate surface area is 173 Å². The SMILES string of the molecule is Cc1nn(CCC(=O)NCc2ccccc2)c(C)c1S(=O)(=O)N1CCC(C)CC1. The topological polar surface area (TPSA) is 84.3 Å². The number of nitrogens with zero attached hydrogens (tertiary/aromatic N) is 3. The van der Waals surface area contributed by atoms with Crippen LogP contribution in [0.2, 0.25) is 0 Å². The number of piperidine rings is 1. The van der Waals surface area contributed by atoms with Crippen molar-refractivity contribution in [3.05, 3.63) is 47.3 Å². The van der Waals surface area contributed by atoms with Crippen molar-refractivity contribution in [1.82, 2.24) is 19.4 Å². The molecule has 0 unspecified atom stereocenters. The number of carbonyl (C=O) groups excluding carboxylic acids is 1. The van der Waals surface area contributed by atoms with E-state index in [0.717, 1.165) is 18.4 Å². The molecule has 0 spiro atoms. The minimum absolute atomic E-state index is 0.0872. The lowest BCUT2D eigenvalue weighted by Crippen LogP contribution is -2.38. The molecule has 1 saturated heterocycles. The Morgan fingerprint density at radius 2 is 1.83 bits per heavy atom. The number of aryl methyl sites for hydroxylation is 2. The van der Waals surface area contributed by atoms with E-state index in [-0.39, 0.29) is 17.2 Å². The number of nitrogens with one attached hydrogen (secondary N) is 1. The average Bonchev–Trinajstić information content (AvgIpc) is 2.99. The van der Waals surface area contributed by atoms with Crippen LogP contribution in [-0.4, -0.2) is 41.5 Å². The van der Waals surface area contributed by atoms with Gasteiger partial charge in [0.05, 0.1) is 17.9 Å². The van der Waals surface area contributed by atoms with Crippen molar-refractivity contribution in [1.29, 1.82) is 0 Å². The lowest BCUT2D eigenvalue weighted by Gasteiger charge is -2.29. The van der Waals surface area contributed by atoms with E-state index < -0.39 is 10.0 Å². The molecule has 7 nitrogen and oxygen atoms in total. The zero-order chi connectivity index (χ0) is 21.0. The summed E-state index contributed by atoms with van der Waals surface area (Å²) in [6.45, 7) is 7.57. The summed E-state index contributed by atoms with van der Waals surface area (Å²) >= 11 is 0. The first kappa shape index (κ1) is 21.5. The Balaban J connectivity index is 1.64. The number of amides is 1. The predicted molar refractivity (Wildman–Crippen MR) is 112 cm³/mol. The number of hydrogen-bond acceptors (Lipinski definition) is 4. The van der Waals surface area contributed by atoms with Crippen LogP contribution >= 0.6 is 0 Å². The van der Waals surface area contributed by atoms with Gasteiger partial charge in [-0.15, -0.1) is 0 Å². The van der Waals surface area contributed by atoms with E-state index in [1.165, 1.54) is 0 Å². The van der Waals surface area contributed by atoms with Crippen LogP contribution in [0.5, 0.6) is 0 Å². The Morgan fingerprint density at radius 3 is 2.48 bits per heavy atom. The zero-order valence-electron chi connectivity index (χ0n) is 17.4. The number of rotatable bonds is 7. The van der Waals surface area contributed by atoms with Gasteiger partial charge < -0.3 is 5.32 Å². The summed E-state index contributed by atoms with van der Waals surface area (Å²) in [4.78, 5) is 12.5. The molecule has 8 heteroatoms. The molecule has 2 aromatic rings. The molecule has 0 saturated carbocycles. The second-order valence-electron chi connectivity index (χ2n) is 7.82.